The van der Waals surface area contributed by atoms with Gasteiger partial charge in [-0.25, -0.2) is 0 Å². The molecule has 0 aromatic heterocycles. The van der Waals surface area contributed by atoms with E-state index in [1.165, 1.54) is 0 Å². The lowest BCUT2D eigenvalue weighted by Gasteiger charge is -2.34. The first-order chi connectivity index (χ1) is 8.00. The Balaban J connectivity index is 2.24. The highest BCUT2D eigenvalue weighted by Gasteiger charge is 2.21. The molecule has 0 aromatic rings. The van der Waals surface area contributed by atoms with Crippen molar-refractivity contribution in [2.24, 2.45) is 5.73 Å². The summed E-state index contributed by atoms with van der Waals surface area (Å²) in [6.45, 7) is 6.17. The third kappa shape index (κ3) is 4.73. The Bertz CT molecular complexity index is 271. The zero-order valence-corrected chi connectivity index (χ0v) is 10.8. The van der Waals surface area contributed by atoms with Crippen LogP contribution < -0.4 is 5.73 Å². The van der Waals surface area contributed by atoms with E-state index in [0.717, 1.165) is 12.8 Å². The number of hydrogen-bond acceptors (Lipinski definition) is 3. The maximum absolute atomic E-state index is 11.8. The second kappa shape index (κ2) is 6.59. The lowest BCUT2D eigenvalue weighted by atomic mass is 10.1. The molecule has 1 aliphatic heterocycles. The molecule has 2 N–H and O–H groups in total. The van der Waals surface area contributed by atoms with Crippen molar-refractivity contribution in [2.75, 3.05) is 26.2 Å². The van der Waals surface area contributed by atoms with Crippen molar-refractivity contribution >= 4 is 11.8 Å². The van der Waals surface area contributed by atoms with Crippen LogP contribution in [0.3, 0.4) is 0 Å². The smallest absolute Gasteiger partial charge is 0.222 e. The minimum atomic E-state index is 0.0917. The molecule has 0 bridgehead atoms. The summed E-state index contributed by atoms with van der Waals surface area (Å²) in [6.07, 6.45) is 2.31. The van der Waals surface area contributed by atoms with E-state index < -0.39 is 0 Å². The Morgan fingerprint density at radius 1 is 1.18 bits per heavy atom. The van der Waals surface area contributed by atoms with Crippen molar-refractivity contribution in [1.29, 1.82) is 0 Å². The molecule has 0 saturated carbocycles. The van der Waals surface area contributed by atoms with Gasteiger partial charge in [-0.3, -0.25) is 9.59 Å². The average molecular weight is 241 g/mol. The Hall–Kier alpha value is -1.10. The Morgan fingerprint density at radius 2 is 1.71 bits per heavy atom. The molecule has 1 rings (SSSR count). The fourth-order valence-corrected chi connectivity index (χ4v) is 2.00. The zero-order valence-electron chi connectivity index (χ0n) is 10.8. The van der Waals surface area contributed by atoms with Crippen LogP contribution in [0.15, 0.2) is 0 Å². The zero-order chi connectivity index (χ0) is 12.8. The topological polar surface area (TPSA) is 66.6 Å². The van der Waals surface area contributed by atoms with Crippen LogP contribution in [0.5, 0.6) is 0 Å². The molecule has 1 heterocycles. The summed E-state index contributed by atoms with van der Waals surface area (Å²) in [7, 11) is 0. The predicted molar refractivity (Wildman–Crippen MR) is 66.3 cm³/mol. The SMILES string of the molecule is CC(=O)N1CCN(C(=O)CCCC(C)N)CC1. The molecule has 1 saturated heterocycles. The third-order valence-corrected chi connectivity index (χ3v) is 3.13. The highest BCUT2D eigenvalue weighted by atomic mass is 16.2. The monoisotopic (exact) mass is 241 g/mol. The summed E-state index contributed by atoms with van der Waals surface area (Å²) in [5, 5.41) is 0. The van der Waals surface area contributed by atoms with Crippen LogP contribution in [-0.2, 0) is 9.59 Å². The van der Waals surface area contributed by atoms with Gasteiger partial charge in [-0.1, -0.05) is 0 Å². The van der Waals surface area contributed by atoms with E-state index in [9.17, 15) is 9.59 Å². The van der Waals surface area contributed by atoms with Crippen molar-refractivity contribution in [3.05, 3.63) is 0 Å². The largest absolute Gasteiger partial charge is 0.339 e. The molecule has 0 aromatic carbocycles. The molecule has 5 nitrogen and oxygen atoms in total. The lowest BCUT2D eigenvalue weighted by molar-refractivity contribution is -0.138. The second-order valence-corrected chi connectivity index (χ2v) is 4.76. The van der Waals surface area contributed by atoms with Gasteiger partial charge in [-0.2, -0.15) is 0 Å². The lowest BCUT2D eigenvalue weighted by Crippen LogP contribution is -2.50. The van der Waals surface area contributed by atoms with Crippen molar-refractivity contribution in [2.45, 2.75) is 39.2 Å². The van der Waals surface area contributed by atoms with Gasteiger partial charge in [0.1, 0.15) is 0 Å². The van der Waals surface area contributed by atoms with E-state index in [2.05, 4.69) is 0 Å². The summed E-state index contributed by atoms with van der Waals surface area (Å²) < 4.78 is 0. The van der Waals surface area contributed by atoms with E-state index in [1.807, 2.05) is 11.8 Å². The number of carbonyl (C=O) groups is 2. The standard InChI is InChI=1S/C12H23N3O2/c1-10(13)4-3-5-12(17)15-8-6-14(7-9-15)11(2)16/h10H,3-9,13H2,1-2H3. The molecule has 17 heavy (non-hydrogen) atoms. The van der Waals surface area contributed by atoms with E-state index in [4.69, 9.17) is 5.73 Å². The third-order valence-electron chi connectivity index (χ3n) is 3.13. The number of piperazine rings is 1. The minimum Gasteiger partial charge on any atom is -0.339 e. The number of carbonyl (C=O) groups excluding carboxylic acids is 2. The molecule has 1 atom stereocenters. The highest BCUT2D eigenvalue weighted by molar-refractivity contribution is 5.77. The predicted octanol–water partition coefficient (Wildman–Crippen LogP) is 0.195. The van der Waals surface area contributed by atoms with Crippen LogP contribution in [0, 0.1) is 0 Å². The number of nitrogens with two attached hydrogens (primary N) is 1. The van der Waals surface area contributed by atoms with Crippen LogP contribution in [0.1, 0.15) is 33.1 Å². The summed E-state index contributed by atoms with van der Waals surface area (Å²) in [5.41, 5.74) is 5.64. The van der Waals surface area contributed by atoms with Gasteiger partial charge >= 0.3 is 0 Å². The molecular weight excluding hydrogens is 218 g/mol. The van der Waals surface area contributed by atoms with E-state index in [0.29, 0.717) is 32.6 Å². The molecule has 0 radical (unpaired) electrons. The van der Waals surface area contributed by atoms with Crippen molar-refractivity contribution in [3.8, 4) is 0 Å². The van der Waals surface area contributed by atoms with Crippen LogP contribution in [0.4, 0.5) is 0 Å². The quantitative estimate of drug-likeness (QED) is 0.764. The minimum absolute atomic E-state index is 0.0917. The first kappa shape index (κ1) is 14.0. The van der Waals surface area contributed by atoms with Gasteiger partial charge in [-0.05, 0) is 19.8 Å². The summed E-state index contributed by atoms with van der Waals surface area (Å²) in [4.78, 5) is 26.6. The van der Waals surface area contributed by atoms with Gasteiger partial charge in [0.15, 0.2) is 0 Å². The number of rotatable bonds is 4. The fraction of sp³-hybridized carbons (Fsp3) is 0.833. The van der Waals surface area contributed by atoms with Gasteiger partial charge in [0.25, 0.3) is 0 Å². The summed E-state index contributed by atoms with van der Waals surface area (Å²) in [5.74, 6) is 0.280. The number of hydrogen-bond donors (Lipinski definition) is 1. The Labute approximate surface area is 103 Å². The Kier molecular flexibility index (Phi) is 5.41. The van der Waals surface area contributed by atoms with Crippen LogP contribution in [0.25, 0.3) is 0 Å². The molecule has 98 valence electrons. The molecule has 1 unspecified atom stereocenters. The first-order valence-electron chi connectivity index (χ1n) is 6.29. The van der Waals surface area contributed by atoms with Crippen LogP contribution >= 0.6 is 0 Å². The summed E-state index contributed by atoms with van der Waals surface area (Å²) >= 11 is 0. The molecule has 1 fully saturated rings. The van der Waals surface area contributed by atoms with Crippen molar-refractivity contribution < 1.29 is 9.59 Å². The molecule has 0 spiro atoms. The van der Waals surface area contributed by atoms with Crippen LogP contribution in [0.2, 0.25) is 0 Å². The normalized spacial score (nSPS) is 18.1. The molecule has 0 aliphatic carbocycles. The van der Waals surface area contributed by atoms with E-state index in [1.54, 1.807) is 11.8 Å². The maximum atomic E-state index is 11.8. The number of nitrogens with zero attached hydrogens (tertiary/aromatic N) is 2. The second-order valence-electron chi connectivity index (χ2n) is 4.76. The van der Waals surface area contributed by atoms with Gasteiger partial charge in [0, 0.05) is 45.6 Å². The molecule has 5 heteroatoms. The van der Waals surface area contributed by atoms with E-state index in [-0.39, 0.29) is 17.9 Å². The number of amides is 2. The maximum Gasteiger partial charge on any atom is 0.222 e. The molecule has 1 aliphatic rings. The van der Waals surface area contributed by atoms with Gasteiger partial charge < -0.3 is 15.5 Å². The van der Waals surface area contributed by atoms with Crippen molar-refractivity contribution in [3.63, 3.8) is 0 Å². The van der Waals surface area contributed by atoms with Gasteiger partial charge in [-0.15, -0.1) is 0 Å². The molecular formula is C12H23N3O2. The van der Waals surface area contributed by atoms with E-state index >= 15 is 0 Å². The first-order valence-corrected chi connectivity index (χ1v) is 6.29. The summed E-state index contributed by atoms with van der Waals surface area (Å²) in [6, 6.07) is 0.164. The Morgan fingerprint density at radius 3 is 2.18 bits per heavy atom. The average Bonchev–Trinajstić information content (AvgIpc) is 2.28. The highest BCUT2D eigenvalue weighted by Crippen LogP contribution is 2.07. The fourth-order valence-electron chi connectivity index (χ4n) is 2.00. The van der Waals surface area contributed by atoms with Gasteiger partial charge in [0.2, 0.25) is 11.8 Å². The van der Waals surface area contributed by atoms with Gasteiger partial charge in [0.05, 0.1) is 0 Å². The van der Waals surface area contributed by atoms with Crippen LogP contribution in [-0.4, -0.2) is 53.8 Å². The van der Waals surface area contributed by atoms with Crippen molar-refractivity contribution in [1.82, 2.24) is 9.80 Å². The molecule has 2 amide bonds.